The summed E-state index contributed by atoms with van der Waals surface area (Å²) in [5, 5.41) is 0. The summed E-state index contributed by atoms with van der Waals surface area (Å²) < 4.78 is 33.2. The minimum Gasteiger partial charge on any atom is -0.443 e. The molecule has 1 atom stereocenters. The highest BCUT2D eigenvalue weighted by Crippen LogP contribution is 2.27. The van der Waals surface area contributed by atoms with Crippen LogP contribution in [0.5, 0.6) is 0 Å². The molecular formula is C21H32N2O4S. The summed E-state index contributed by atoms with van der Waals surface area (Å²) in [5.41, 5.74) is 0. The van der Waals surface area contributed by atoms with Crippen molar-refractivity contribution in [2.75, 3.05) is 13.1 Å². The molecule has 1 aliphatic heterocycles. The molecule has 156 valence electrons. The lowest BCUT2D eigenvalue weighted by Crippen LogP contribution is -2.43. The molecule has 0 N–H and O–H groups in total. The molecule has 0 unspecified atom stereocenters. The van der Waals surface area contributed by atoms with Gasteiger partial charge < -0.3 is 9.64 Å². The largest absolute Gasteiger partial charge is 0.443 e. The zero-order chi connectivity index (χ0) is 20.1. The Balaban J connectivity index is 1.70. The van der Waals surface area contributed by atoms with E-state index < -0.39 is 16.1 Å². The Bertz CT molecular complexity index is 743. The molecule has 1 amide bonds. The molecule has 1 aromatic rings. The van der Waals surface area contributed by atoms with Gasteiger partial charge in [-0.15, -0.1) is 0 Å². The first-order chi connectivity index (χ1) is 13.4. The van der Waals surface area contributed by atoms with Crippen molar-refractivity contribution < 1.29 is 17.9 Å². The number of carbonyl (C=O) groups is 1. The quantitative estimate of drug-likeness (QED) is 0.713. The normalized spacial score (nSPS) is 22.4. The second-order valence-electron chi connectivity index (χ2n) is 8.14. The van der Waals surface area contributed by atoms with E-state index in [1.807, 2.05) is 18.7 Å². The van der Waals surface area contributed by atoms with Gasteiger partial charge in [0.05, 0.1) is 18.0 Å². The van der Waals surface area contributed by atoms with Crippen molar-refractivity contribution in [3.8, 4) is 0 Å². The number of hydrogen-bond acceptors (Lipinski definition) is 4. The van der Waals surface area contributed by atoms with Crippen molar-refractivity contribution in [1.82, 2.24) is 9.21 Å². The first-order valence-corrected chi connectivity index (χ1v) is 11.9. The van der Waals surface area contributed by atoms with Gasteiger partial charge in [0, 0.05) is 12.1 Å². The van der Waals surface area contributed by atoms with Gasteiger partial charge in [-0.05, 0) is 38.8 Å². The number of hydrogen-bond donors (Lipinski definition) is 0. The average molecular weight is 409 g/mol. The van der Waals surface area contributed by atoms with Crippen LogP contribution in [-0.4, -0.2) is 55.0 Å². The van der Waals surface area contributed by atoms with Gasteiger partial charge in [-0.2, -0.15) is 4.31 Å². The number of ether oxygens (including phenoxy) is 1. The van der Waals surface area contributed by atoms with Crippen LogP contribution in [0.1, 0.15) is 58.8 Å². The number of cyclic esters (lactones) is 1. The van der Waals surface area contributed by atoms with Crippen LogP contribution in [0, 0.1) is 0 Å². The lowest BCUT2D eigenvalue weighted by molar-refractivity contribution is 0.114. The van der Waals surface area contributed by atoms with Crippen molar-refractivity contribution in [1.29, 1.82) is 0 Å². The number of carbonyl (C=O) groups excluding carboxylic acids is 1. The number of nitrogens with zero attached hydrogens (tertiary/aromatic N) is 2. The molecule has 2 fully saturated rings. The monoisotopic (exact) mass is 408 g/mol. The third-order valence-electron chi connectivity index (χ3n) is 5.73. The molecule has 2 aliphatic rings. The molecule has 1 saturated carbocycles. The maximum absolute atomic E-state index is 13.1. The van der Waals surface area contributed by atoms with Gasteiger partial charge in [0.15, 0.2) is 0 Å². The smallest absolute Gasteiger partial charge is 0.410 e. The second kappa shape index (κ2) is 9.27. The van der Waals surface area contributed by atoms with E-state index in [1.54, 1.807) is 30.3 Å². The fourth-order valence-electron chi connectivity index (χ4n) is 4.20. The lowest BCUT2D eigenvalue weighted by atomic mass is 9.96. The van der Waals surface area contributed by atoms with Gasteiger partial charge >= 0.3 is 6.09 Å². The van der Waals surface area contributed by atoms with Gasteiger partial charge in [-0.1, -0.05) is 50.3 Å². The minimum atomic E-state index is -3.63. The summed E-state index contributed by atoms with van der Waals surface area (Å²) in [6.07, 6.45) is 7.30. The Morgan fingerprint density at radius 3 is 2.29 bits per heavy atom. The van der Waals surface area contributed by atoms with Crippen molar-refractivity contribution in [3.05, 3.63) is 30.3 Å². The van der Waals surface area contributed by atoms with Crippen LogP contribution < -0.4 is 0 Å². The average Bonchev–Trinajstić information content (AvgIpc) is 3.00. The fourth-order valence-corrected chi connectivity index (χ4v) is 5.89. The highest BCUT2D eigenvalue weighted by atomic mass is 32.2. The molecule has 0 radical (unpaired) electrons. The van der Waals surface area contributed by atoms with E-state index in [-0.39, 0.29) is 29.6 Å². The van der Waals surface area contributed by atoms with Gasteiger partial charge in [0.25, 0.3) is 0 Å². The highest BCUT2D eigenvalue weighted by Gasteiger charge is 2.39. The molecule has 3 rings (SSSR count). The number of sulfonamides is 1. The maximum Gasteiger partial charge on any atom is 0.410 e. The van der Waals surface area contributed by atoms with Crippen LogP contribution in [0.15, 0.2) is 35.2 Å². The van der Waals surface area contributed by atoms with Gasteiger partial charge in [-0.25, -0.2) is 13.2 Å². The maximum atomic E-state index is 13.1. The van der Waals surface area contributed by atoms with E-state index in [0.717, 1.165) is 25.7 Å². The third-order valence-corrected chi connectivity index (χ3v) is 7.78. The highest BCUT2D eigenvalue weighted by molar-refractivity contribution is 7.89. The van der Waals surface area contributed by atoms with Crippen LogP contribution in [0.3, 0.4) is 0 Å². The van der Waals surface area contributed by atoms with Crippen molar-refractivity contribution in [2.24, 2.45) is 0 Å². The van der Waals surface area contributed by atoms with Crippen LogP contribution in [0.4, 0.5) is 4.79 Å². The Kier molecular flexibility index (Phi) is 6.99. The second-order valence-corrected chi connectivity index (χ2v) is 10.0. The topological polar surface area (TPSA) is 66.9 Å². The molecular weight excluding hydrogens is 376 g/mol. The van der Waals surface area contributed by atoms with E-state index in [9.17, 15) is 13.2 Å². The van der Waals surface area contributed by atoms with Crippen LogP contribution in [0.25, 0.3) is 0 Å². The molecule has 1 heterocycles. The summed E-state index contributed by atoms with van der Waals surface area (Å²) in [5.74, 6) is 0. The SMILES string of the molecule is CC(C)N(C[C@@H]1CN(C2CCCCCCC2)C(=O)O1)S(=O)(=O)c1ccccc1. The summed E-state index contributed by atoms with van der Waals surface area (Å²) in [7, 11) is -3.63. The molecule has 7 heteroatoms. The van der Waals surface area contributed by atoms with Gasteiger partial charge in [-0.3, -0.25) is 0 Å². The molecule has 28 heavy (non-hydrogen) atoms. The number of amides is 1. The molecule has 0 aromatic heterocycles. The molecule has 0 bridgehead atoms. The summed E-state index contributed by atoms with van der Waals surface area (Å²) in [6, 6.07) is 8.44. The summed E-state index contributed by atoms with van der Waals surface area (Å²) in [4.78, 5) is 14.6. The Labute approximate surface area is 168 Å². The zero-order valence-electron chi connectivity index (χ0n) is 16.9. The van der Waals surface area contributed by atoms with Gasteiger partial charge in [0.1, 0.15) is 6.10 Å². The van der Waals surface area contributed by atoms with Crippen LogP contribution >= 0.6 is 0 Å². The van der Waals surface area contributed by atoms with Crippen LogP contribution in [0.2, 0.25) is 0 Å². The lowest BCUT2D eigenvalue weighted by Gasteiger charge is -2.29. The Morgan fingerprint density at radius 1 is 1.07 bits per heavy atom. The predicted octanol–water partition coefficient (Wildman–Crippen LogP) is 4.02. The summed E-state index contributed by atoms with van der Waals surface area (Å²) in [6.45, 7) is 4.36. The van der Waals surface area contributed by atoms with Crippen molar-refractivity contribution >= 4 is 16.1 Å². The molecule has 0 spiro atoms. The molecule has 1 aromatic carbocycles. The molecule has 1 saturated heterocycles. The Morgan fingerprint density at radius 2 is 1.68 bits per heavy atom. The van der Waals surface area contributed by atoms with E-state index in [2.05, 4.69) is 0 Å². The zero-order valence-corrected chi connectivity index (χ0v) is 17.7. The molecule has 6 nitrogen and oxygen atoms in total. The standard InChI is InChI=1S/C21H32N2O4S/c1-17(2)23(28(25,26)20-13-9-6-10-14-20)16-19-15-22(21(24)27-19)18-11-7-4-3-5-8-12-18/h6,9-10,13-14,17-19H,3-5,7-8,11-12,15-16H2,1-2H3/t19-/m0/s1. The number of benzene rings is 1. The van der Waals surface area contributed by atoms with Gasteiger partial charge in [0.2, 0.25) is 10.0 Å². The minimum absolute atomic E-state index is 0.184. The summed E-state index contributed by atoms with van der Waals surface area (Å²) >= 11 is 0. The van der Waals surface area contributed by atoms with E-state index >= 15 is 0 Å². The predicted molar refractivity (Wildman–Crippen MR) is 109 cm³/mol. The van der Waals surface area contributed by atoms with E-state index in [4.69, 9.17) is 4.74 Å². The van der Waals surface area contributed by atoms with E-state index in [0.29, 0.717) is 6.54 Å². The van der Waals surface area contributed by atoms with Crippen LogP contribution in [-0.2, 0) is 14.8 Å². The van der Waals surface area contributed by atoms with Crippen molar-refractivity contribution in [2.45, 2.75) is 81.9 Å². The third kappa shape index (κ3) is 4.87. The van der Waals surface area contributed by atoms with Crippen molar-refractivity contribution in [3.63, 3.8) is 0 Å². The Hall–Kier alpha value is -1.60. The first-order valence-electron chi connectivity index (χ1n) is 10.4. The molecule has 1 aliphatic carbocycles. The fraction of sp³-hybridized carbons (Fsp3) is 0.667. The van der Waals surface area contributed by atoms with E-state index in [1.165, 1.54) is 23.6 Å². The first kappa shape index (κ1) is 21.1. The number of rotatable bonds is 6.